The van der Waals surface area contributed by atoms with Crippen LogP contribution in [0, 0.1) is 25.7 Å². The molecule has 0 saturated heterocycles. The van der Waals surface area contributed by atoms with Crippen LogP contribution in [0.1, 0.15) is 67.2 Å². The number of nitrogens with zero attached hydrogens (tertiary/aromatic N) is 1. The van der Waals surface area contributed by atoms with Gasteiger partial charge in [0.2, 0.25) is 11.8 Å². The summed E-state index contributed by atoms with van der Waals surface area (Å²) in [5.74, 6) is -3.24. The van der Waals surface area contributed by atoms with E-state index in [4.69, 9.17) is 28.7 Å². The van der Waals surface area contributed by atoms with Crippen molar-refractivity contribution in [1.29, 1.82) is 0 Å². The first kappa shape index (κ1) is 37.9. The Bertz CT molecular complexity index is 1320. The highest BCUT2D eigenvalue weighted by molar-refractivity contribution is 5.94. The summed E-state index contributed by atoms with van der Waals surface area (Å²) in [5, 5.41) is 12.9. The molecule has 4 atom stereocenters. The van der Waals surface area contributed by atoms with Crippen LogP contribution < -0.4 is 34.0 Å². The fraction of sp³-hybridized carbons (Fsp3) is 0.500. The molecule has 0 fully saturated rings. The van der Waals surface area contributed by atoms with Gasteiger partial charge >= 0.3 is 0 Å². The molecule has 0 radical (unpaired) electrons. The van der Waals surface area contributed by atoms with Crippen molar-refractivity contribution >= 4 is 29.3 Å². The van der Waals surface area contributed by atoms with E-state index in [0.717, 1.165) is 22.3 Å². The molecule has 0 bridgehead atoms. The molecule has 12 N–H and O–H groups in total. The molecule has 0 aromatic heterocycles. The zero-order valence-corrected chi connectivity index (χ0v) is 27.0. The second-order valence-corrected chi connectivity index (χ2v) is 12.0. The summed E-state index contributed by atoms with van der Waals surface area (Å²) in [5.41, 5.74) is 31.5. The van der Waals surface area contributed by atoms with E-state index in [1.54, 1.807) is 12.1 Å². The molecule has 2 amide bonds. The number of benzene rings is 2. The Hall–Kier alpha value is -4.29. The van der Waals surface area contributed by atoms with E-state index in [0.29, 0.717) is 51.6 Å². The van der Waals surface area contributed by atoms with Crippen LogP contribution in [0.3, 0.4) is 0 Å². The van der Waals surface area contributed by atoms with Crippen LogP contribution in [0.5, 0.6) is 5.75 Å². The van der Waals surface area contributed by atoms with Gasteiger partial charge < -0.3 is 39.1 Å². The Kier molecular flexibility index (Phi) is 15.9. The normalized spacial score (nSPS) is 13.7. The molecule has 0 heterocycles. The minimum atomic E-state index is -0.899. The molecule has 252 valence electrons. The second-order valence-electron chi connectivity index (χ2n) is 12.0. The third kappa shape index (κ3) is 13.0. The number of phenols is 1. The number of primary amides is 1. The van der Waals surface area contributed by atoms with E-state index in [1.807, 2.05) is 44.2 Å². The number of nitrogens with two attached hydrogens (primary N) is 5. The van der Waals surface area contributed by atoms with Gasteiger partial charge in [-0.05, 0) is 99.7 Å². The lowest BCUT2D eigenvalue weighted by Gasteiger charge is -2.25. The molecule has 0 aliphatic carbocycles. The Morgan fingerprint density at radius 3 is 2.07 bits per heavy atom. The van der Waals surface area contributed by atoms with Crippen molar-refractivity contribution < 1.29 is 24.3 Å². The molecular weight excluding hydrogens is 586 g/mol. The number of aromatic hydroxyl groups is 1. The smallest absolute Gasteiger partial charge is 0.224 e. The molecule has 12 nitrogen and oxygen atoms in total. The van der Waals surface area contributed by atoms with Gasteiger partial charge in [-0.25, -0.2) is 0 Å². The summed E-state index contributed by atoms with van der Waals surface area (Å²) in [6.07, 6.45) is 2.55. The van der Waals surface area contributed by atoms with Gasteiger partial charge in [-0.15, -0.1) is 0 Å². The number of hydrogen-bond donors (Lipinski definition) is 7. The number of unbranched alkanes of at least 4 members (excludes halogenated alkanes) is 1. The van der Waals surface area contributed by atoms with Crippen LogP contribution in [-0.2, 0) is 32.0 Å². The summed E-state index contributed by atoms with van der Waals surface area (Å²) >= 11 is 0. The number of aryl methyl sites for hydroxylation is 2. The minimum absolute atomic E-state index is 0.0472. The van der Waals surface area contributed by atoms with Crippen LogP contribution in [0.25, 0.3) is 0 Å². The Labute approximate surface area is 271 Å². The van der Waals surface area contributed by atoms with E-state index in [9.17, 15) is 24.3 Å². The van der Waals surface area contributed by atoms with E-state index in [-0.39, 0.29) is 42.5 Å². The van der Waals surface area contributed by atoms with Gasteiger partial charge in [-0.1, -0.05) is 30.3 Å². The standard InChI is InChI=1S/C34H51N7O5/c1-21-15-26(42)16-22(2)27(21)18-25(20-30(43)28(36)11-8-14-40-34(38)39)33(46)41-29(12-6-7-13-35)31(44)19-24(32(37)45)17-23-9-4-3-5-10-23/h3-5,9-10,15-16,24-25,28-29,42H,6-8,11-14,17-20,35-36H2,1-2H3,(H2,37,45)(H,41,46)(H4,38,39,40)/t24-,25?,28?,29+/m1/s1. The lowest BCUT2D eigenvalue weighted by molar-refractivity contribution is -0.133. The predicted molar refractivity (Wildman–Crippen MR) is 180 cm³/mol. The Morgan fingerprint density at radius 2 is 1.48 bits per heavy atom. The number of hydrogen-bond acceptors (Lipinski definition) is 8. The number of rotatable bonds is 21. The van der Waals surface area contributed by atoms with E-state index >= 15 is 0 Å². The zero-order valence-electron chi connectivity index (χ0n) is 27.0. The lowest BCUT2D eigenvalue weighted by atomic mass is 9.86. The van der Waals surface area contributed by atoms with E-state index in [2.05, 4.69) is 10.3 Å². The molecule has 0 aliphatic rings. The van der Waals surface area contributed by atoms with Gasteiger partial charge in [-0.2, -0.15) is 0 Å². The third-order valence-electron chi connectivity index (χ3n) is 8.16. The van der Waals surface area contributed by atoms with Crippen molar-refractivity contribution in [1.82, 2.24) is 5.32 Å². The number of aliphatic imine (C=N–C) groups is 1. The number of ketones is 2. The third-order valence-corrected chi connectivity index (χ3v) is 8.16. The maximum atomic E-state index is 13.9. The van der Waals surface area contributed by atoms with Crippen molar-refractivity contribution in [3.05, 3.63) is 64.7 Å². The number of phenolic OH excluding ortho intramolecular Hbond substituents is 1. The average molecular weight is 638 g/mol. The number of amides is 2. The highest BCUT2D eigenvalue weighted by Gasteiger charge is 2.31. The van der Waals surface area contributed by atoms with E-state index < -0.39 is 35.7 Å². The predicted octanol–water partition coefficient (Wildman–Crippen LogP) is 1.43. The van der Waals surface area contributed by atoms with Gasteiger partial charge in [0.1, 0.15) is 11.5 Å². The first-order chi connectivity index (χ1) is 21.8. The molecule has 2 unspecified atom stereocenters. The number of nitrogens with one attached hydrogen (secondary N) is 1. The highest BCUT2D eigenvalue weighted by Crippen LogP contribution is 2.26. The van der Waals surface area contributed by atoms with Gasteiger partial charge in [0.05, 0.1) is 12.1 Å². The van der Waals surface area contributed by atoms with Crippen molar-refractivity contribution in [3.8, 4) is 5.75 Å². The minimum Gasteiger partial charge on any atom is -0.508 e. The highest BCUT2D eigenvalue weighted by atomic mass is 16.3. The Balaban J connectivity index is 2.30. The van der Waals surface area contributed by atoms with Gasteiger partial charge in [0.15, 0.2) is 11.7 Å². The molecule has 46 heavy (non-hydrogen) atoms. The largest absolute Gasteiger partial charge is 0.508 e. The fourth-order valence-electron chi connectivity index (χ4n) is 5.52. The van der Waals surface area contributed by atoms with Crippen molar-refractivity contribution in [2.24, 2.45) is 45.5 Å². The van der Waals surface area contributed by atoms with Crippen molar-refractivity contribution in [3.63, 3.8) is 0 Å². The topological polar surface area (TPSA) is 243 Å². The molecule has 0 aliphatic heterocycles. The van der Waals surface area contributed by atoms with Crippen LogP contribution in [0.2, 0.25) is 0 Å². The zero-order chi connectivity index (χ0) is 34.2. The van der Waals surface area contributed by atoms with Crippen LogP contribution in [0.15, 0.2) is 47.5 Å². The van der Waals surface area contributed by atoms with Crippen molar-refractivity contribution in [2.45, 2.75) is 83.7 Å². The second kappa shape index (κ2) is 19.3. The summed E-state index contributed by atoms with van der Waals surface area (Å²) < 4.78 is 0. The van der Waals surface area contributed by atoms with Gasteiger partial charge in [0, 0.05) is 31.2 Å². The van der Waals surface area contributed by atoms with Crippen LogP contribution in [-0.4, -0.2) is 59.6 Å². The molecular formula is C34H51N7O5. The number of carbonyl (C=O) groups is 4. The molecule has 0 saturated carbocycles. The Morgan fingerprint density at radius 1 is 0.848 bits per heavy atom. The lowest BCUT2D eigenvalue weighted by Crippen LogP contribution is -2.46. The van der Waals surface area contributed by atoms with Gasteiger partial charge in [-0.3, -0.25) is 24.2 Å². The number of guanidine groups is 1. The van der Waals surface area contributed by atoms with Crippen LogP contribution >= 0.6 is 0 Å². The van der Waals surface area contributed by atoms with E-state index in [1.165, 1.54) is 0 Å². The first-order valence-corrected chi connectivity index (χ1v) is 15.8. The maximum Gasteiger partial charge on any atom is 0.224 e. The first-order valence-electron chi connectivity index (χ1n) is 15.8. The molecule has 2 aromatic rings. The molecule has 0 spiro atoms. The average Bonchev–Trinajstić information content (AvgIpc) is 2.99. The summed E-state index contributed by atoms with van der Waals surface area (Å²) in [6.45, 7) is 4.39. The monoisotopic (exact) mass is 637 g/mol. The summed E-state index contributed by atoms with van der Waals surface area (Å²) in [4.78, 5) is 57.1. The summed E-state index contributed by atoms with van der Waals surface area (Å²) in [6, 6.07) is 10.8. The fourth-order valence-corrected chi connectivity index (χ4v) is 5.52. The molecule has 2 aromatic carbocycles. The SMILES string of the molecule is Cc1cc(O)cc(C)c1CC(CC(=O)C(N)CCCN=C(N)N)C(=O)N[C@@H](CCCCN)C(=O)C[C@@H](Cc1ccccc1)C(N)=O. The van der Waals surface area contributed by atoms with Crippen molar-refractivity contribution in [2.75, 3.05) is 13.1 Å². The molecule has 2 rings (SSSR count). The number of carbonyl (C=O) groups excluding carboxylic acids is 4. The van der Waals surface area contributed by atoms with Gasteiger partial charge in [0.25, 0.3) is 0 Å². The number of Topliss-reactive ketones (excluding diaryl/α,β-unsaturated/α-hetero) is 2. The molecule has 12 heteroatoms. The van der Waals surface area contributed by atoms with Crippen LogP contribution in [0.4, 0.5) is 0 Å². The summed E-state index contributed by atoms with van der Waals surface area (Å²) in [7, 11) is 0. The quantitative estimate of drug-likeness (QED) is 0.0594. The maximum absolute atomic E-state index is 13.9.